The monoisotopic (exact) mass is 286 g/mol. The van der Waals surface area contributed by atoms with Crippen molar-refractivity contribution in [3.63, 3.8) is 0 Å². The first-order valence-corrected chi connectivity index (χ1v) is 8.55. The minimum atomic E-state index is 0.277. The van der Waals surface area contributed by atoms with Gasteiger partial charge in [-0.2, -0.15) is 0 Å². The largest absolute Gasteiger partial charge is 0.329 e. The van der Waals surface area contributed by atoms with E-state index < -0.39 is 0 Å². The summed E-state index contributed by atoms with van der Waals surface area (Å²) in [5.74, 6) is 0.737. The standard InChI is InChI=1S/C19H30N2/c1-18(2)12-13-21(15-18)19(14-20)10-8-17(9-11-19)16-6-4-3-5-7-16/h3-7,17H,8-15,20H2,1-2H3. The molecular formula is C19H30N2. The quantitative estimate of drug-likeness (QED) is 0.916. The highest BCUT2D eigenvalue weighted by Crippen LogP contribution is 2.44. The van der Waals surface area contributed by atoms with Crippen molar-refractivity contribution in [2.45, 2.75) is 57.4 Å². The van der Waals surface area contributed by atoms with Crippen LogP contribution < -0.4 is 5.73 Å². The fraction of sp³-hybridized carbons (Fsp3) is 0.684. The Morgan fingerprint density at radius 2 is 1.76 bits per heavy atom. The summed E-state index contributed by atoms with van der Waals surface area (Å²) in [6.45, 7) is 8.07. The Bertz CT molecular complexity index is 458. The summed E-state index contributed by atoms with van der Waals surface area (Å²) in [4.78, 5) is 2.72. The van der Waals surface area contributed by atoms with Gasteiger partial charge in [-0.05, 0) is 55.5 Å². The van der Waals surface area contributed by atoms with Crippen molar-refractivity contribution in [1.29, 1.82) is 0 Å². The number of nitrogens with zero attached hydrogens (tertiary/aromatic N) is 1. The number of hydrogen-bond acceptors (Lipinski definition) is 2. The van der Waals surface area contributed by atoms with Gasteiger partial charge in [0, 0.05) is 18.6 Å². The molecule has 1 aromatic carbocycles. The van der Waals surface area contributed by atoms with Crippen molar-refractivity contribution >= 4 is 0 Å². The van der Waals surface area contributed by atoms with E-state index in [1.165, 1.54) is 50.8 Å². The van der Waals surface area contributed by atoms with Crippen molar-refractivity contribution in [3.8, 4) is 0 Å². The fourth-order valence-corrected chi connectivity index (χ4v) is 4.38. The van der Waals surface area contributed by atoms with Gasteiger partial charge in [-0.3, -0.25) is 4.90 Å². The Morgan fingerprint density at radius 1 is 1.10 bits per heavy atom. The van der Waals surface area contributed by atoms with E-state index in [0.717, 1.165) is 12.5 Å². The van der Waals surface area contributed by atoms with Gasteiger partial charge < -0.3 is 5.73 Å². The van der Waals surface area contributed by atoms with E-state index in [1.54, 1.807) is 0 Å². The second-order valence-corrected chi connectivity index (χ2v) is 7.95. The Balaban J connectivity index is 1.68. The minimum Gasteiger partial charge on any atom is -0.329 e. The Kier molecular flexibility index (Phi) is 4.11. The van der Waals surface area contributed by atoms with E-state index in [4.69, 9.17) is 5.73 Å². The second kappa shape index (κ2) is 5.73. The van der Waals surface area contributed by atoms with Crippen LogP contribution in [0.3, 0.4) is 0 Å². The van der Waals surface area contributed by atoms with Crippen molar-refractivity contribution in [3.05, 3.63) is 35.9 Å². The first kappa shape index (κ1) is 15.1. The lowest BCUT2D eigenvalue weighted by Gasteiger charge is -2.46. The van der Waals surface area contributed by atoms with E-state index in [0.29, 0.717) is 5.41 Å². The van der Waals surface area contributed by atoms with Gasteiger partial charge in [0.25, 0.3) is 0 Å². The molecule has 0 unspecified atom stereocenters. The molecule has 1 heterocycles. The van der Waals surface area contributed by atoms with E-state index in [9.17, 15) is 0 Å². The molecule has 0 radical (unpaired) electrons. The number of hydrogen-bond donors (Lipinski definition) is 1. The predicted molar refractivity (Wildman–Crippen MR) is 89.4 cm³/mol. The van der Waals surface area contributed by atoms with Crippen LogP contribution in [0.25, 0.3) is 0 Å². The van der Waals surface area contributed by atoms with Gasteiger partial charge in [0.15, 0.2) is 0 Å². The van der Waals surface area contributed by atoms with Crippen LogP contribution in [0.15, 0.2) is 30.3 Å². The maximum Gasteiger partial charge on any atom is 0.0332 e. The maximum atomic E-state index is 6.25. The third-order valence-electron chi connectivity index (χ3n) is 5.92. The molecular weight excluding hydrogens is 256 g/mol. The normalized spacial score (nSPS) is 33.2. The van der Waals surface area contributed by atoms with Gasteiger partial charge in [0.1, 0.15) is 0 Å². The molecule has 2 fully saturated rings. The number of rotatable bonds is 3. The fourth-order valence-electron chi connectivity index (χ4n) is 4.38. The van der Waals surface area contributed by atoms with Gasteiger partial charge in [0.05, 0.1) is 0 Å². The van der Waals surface area contributed by atoms with Crippen LogP contribution in [0.4, 0.5) is 0 Å². The van der Waals surface area contributed by atoms with Gasteiger partial charge in [-0.1, -0.05) is 44.2 Å². The molecule has 2 aliphatic rings. The first-order valence-electron chi connectivity index (χ1n) is 8.55. The van der Waals surface area contributed by atoms with Crippen molar-refractivity contribution in [1.82, 2.24) is 4.90 Å². The van der Waals surface area contributed by atoms with Crippen molar-refractivity contribution < 1.29 is 0 Å². The SMILES string of the molecule is CC1(C)CCN(C2(CN)CCC(c3ccccc3)CC2)C1. The highest BCUT2D eigenvalue weighted by atomic mass is 15.2. The molecule has 21 heavy (non-hydrogen) atoms. The van der Waals surface area contributed by atoms with Crippen molar-refractivity contribution in [2.24, 2.45) is 11.1 Å². The van der Waals surface area contributed by atoms with E-state index in [1.807, 2.05) is 0 Å². The van der Waals surface area contributed by atoms with Gasteiger partial charge >= 0.3 is 0 Å². The minimum absolute atomic E-state index is 0.277. The molecule has 0 atom stereocenters. The smallest absolute Gasteiger partial charge is 0.0332 e. The van der Waals surface area contributed by atoms with Crippen LogP contribution in [-0.2, 0) is 0 Å². The summed E-state index contributed by atoms with van der Waals surface area (Å²) in [5.41, 5.74) is 8.52. The third kappa shape index (κ3) is 3.02. The molecule has 1 aromatic rings. The van der Waals surface area contributed by atoms with E-state index in [-0.39, 0.29) is 5.54 Å². The molecule has 1 aliphatic carbocycles. The summed E-state index contributed by atoms with van der Waals surface area (Å²) in [7, 11) is 0. The average Bonchev–Trinajstić information content (AvgIpc) is 2.89. The van der Waals surface area contributed by atoms with Crippen LogP contribution in [0.2, 0.25) is 0 Å². The Labute approximate surface area is 129 Å². The molecule has 3 rings (SSSR count). The molecule has 0 aromatic heterocycles. The summed E-state index contributed by atoms with van der Waals surface area (Å²) >= 11 is 0. The average molecular weight is 286 g/mol. The lowest BCUT2D eigenvalue weighted by Crippen LogP contribution is -2.55. The maximum absolute atomic E-state index is 6.25. The molecule has 2 N–H and O–H groups in total. The lowest BCUT2D eigenvalue weighted by atomic mass is 9.73. The lowest BCUT2D eigenvalue weighted by molar-refractivity contribution is 0.0654. The Hall–Kier alpha value is -0.860. The first-order chi connectivity index (χ1) is 10.0. The molecule has 0 spiro atoms. The number of nitrogens with two attached hydrogens (primary N) is 1. The molecule has 0 bridgehead atoms. The van der Waals surface area contributed by atoms with Gasteiger partial charge in [-0.25, -0.2) is 0 Å². The molecule has 1 aliphatic heterocycles. The molecule has 0 amide bonds. The topological polar surface area (TPSA) is 29.3 Å². The highest BCUT2D eigenvalue weighted by Gasteiger charge is 2.44. The molecule has 2 heteroatoms. The number of likely N-dealkylation sites (tertiary alicyclic amines) is 1. The number of benzene rings is 1. The zero-order chi connectivity index (χ0) is 14.9. The third-order valence-corrected chi connectivity index (χ3v) is 5.92. The van der Waals surface area contributed by atoms with Crippen LogP contribution >= 0.6 is 0 Å². The summed E-state index contributed by atoms with van der Waals surface area (Å²) in [6.07, 6.45) is 6.42. The van der Waals surface area contributed by atoms with Crippen LogP contribution in [0.5, 0.6) is 0 Å². The molecule has 2 nitrogen and oxygen atoms in total. The van der Waals surface area contributed by atoms with Crippen LogP contribution in [-0.4, -0.2) is 30.1 Å². The summed E-state index contributed by atoms with van der Waals surface area (Å²) in [5, 5.41) is 0. The van der Waals surface area contributed by atoms with Crippen LogP contribution in [0.1, 0.15) is 57.4 Å². The summed E-state index contributed by atoms with van der Waals surface area (Å²) in [6, 6.07) is 11.0. The van der Waals surface area contributed by atoms with Gasteiger partial charge in [-0.15, -0.1) is 0 Å². The second-order valence-electron chi connectivity index (χ2n) is 7.95. The Morgan fingerprint density at radius 3 is 2.29 bits per heavy atom. The van der Waals surface area contributed by atoms with E-state index in [2.05, 4.69) is 49.1 Å². The zero-order valence-electron chi connectivity index (χ0n) is 13.6. The molecule has 116 valence electrons. The van der Waals surface area contributed by atoms with Crippen molar-refractivity contribution in [2.75, 3.05) is 19.6 Å². The van der Waals surface area contributed by atoms with Crippen LogP contribution in [0, 0.1) is 5.41 Å². The zero-order valence-corrected chi connectivity index (χ0v) is 13.6. The van der Waals surface area contributed by atoms with Gasteiger partial charge in [0.2, 0.25) is 0 Å². The van der Waals surface area contributed by atoms with E-state index >= 15 is 0 Å². The molecule has 1 saturated carbocycles. The highest BCUT2D eigenvalue weighted by molar-refractivity contribution is 5.21. The molecule has 1 saturated heterocycles. The predicted octanol–water partition coefficient (Wildman–Crippen LogP) is 3.77. The summed E-state index contributed by atoms with van der Waals surface area (Å²) < 4.78 is 0.